The van der Waals surface area contributed by atoms with Crippen molar-refractivity contribution in [2.24, 2.45) is 10.7 Å². The highest BCUT2D eigenvalue weighted by molar-refractivity contribution is 14.0. The Kier molecular flexibility index (Phi) is 9.32. The van der Waals surface area contributed by atoms with Crippen molar-refractivity contribution in [3.63, 3.8) is 0 Å². The van der Waals surface area contributed by atoms with Gasteiger partial charge in [0.05, 0.1) is 6.54 Å². The molecule has 0 aliphatic rings. The number of guanidine groups is 1. The standard InChI is InChI=1S/C19H23F2N3O.HI/c1-13(2)15-6-4-7-16(10-15)24-19(22)23-11-14-5-3-8-17(9-14)25-12-18(20)21;/h3-10,13,18H,11-12H2,1-2H3,(H3,22,23,24);1H. The molecule has 0 atom stereocenters. The van der Waals surface area contributed by atoms with Gasteiger partial charge in [0.15, 0.2) is 5.96 Å². The molecule has 0 fully saturated rings. The number of hydrogen-bond acceptors (Lipinski definition) is 2. The maximum absolute atomic E-state index is 12.2. The number of nitrogens with two attached hydrogens (primary N) is 1. The number of nitrogens with one attached hydrogen (secondary N) is 1. The van der Waals surface area contributed by atoms with Gasteiger partial charge in [-0.25, -0.2) is 13.8 Å². The van der Waals surface area contributed by atoms with E-state index < -0.39 is 13.0 Å². The summed E-state index contributed by atoms with van der Waals surface area (Å²) in [5.41, 5.74) is 8.84. The molecule has 0 unspecified atom stereocenters. The predicted octanol–water partition coefficient (Wildman–Crippen LogP) is 5.00. The maximum Gasteiger partial charge on any atom is 0.272 e. The monoisotopic (exact) mass is 475 g/mol. The topological polar surface area (TPSA) is 59.6 Å². The molecule has 2 rings (SSSR count). The van der Waals surface area contributed by atoms with Crippen molar-refractivity contribution in [1.29, 1.82) is 0 Å². The lowest BCUT2D eigenvalue weighted by atomic mass is 10.0. The average Bonchev–Trinajstić information content (AvgIpc) is 2.59. The van der Waals surface area contributed by atoms with Gasteiger partial charge in [-0.05, 0) is 41.3 Å². The van der Waals surface area contributed by atoms with E-state index in [1.54, 1.807) is 18.2 Å². The second-order valence-corrected chi connectivity index (χ2v) is 5.96. The van der Waals surface area contributed by atoms with Crippen molar-refractivity contribution < 1.29 is 13.5 Å². The van der Waals surface area contributed by atoms with Crippen LogP contribution >= 0.6 is 24.0 Å². The minimum Gasteiger partial charge on any atom is -0.488 e. The summed E-state index contributed by atoms with van der Waals surface area (Å²) in [7, 11) is 0. The molecule has 2 aromatic rings. The zero-order valence-corrected chi connectivity index (χ0v) is 17.1. The van der Waals surface area contributed by atoms with Gasteiger partial charge in [0.25, 0.3) is 6.43 Å². The van der Waals surface area contributed by atoms with Crippen LogP contribution in [0.25, 0.3) is 0 Å². The van der Waals surface area contributed by atoms with Crippen LogP contribution in [0.5, 0.6) is 5.75 Å². The molecule has 0 aliphatic heterocycles. The molecule has 4 nitrogen and oxygen atoms in total. The van der Waals surface area contributed by atoms with Gasteiger partial charge >= 0.3 is 0 Å². The number of ether oxygens (including phenoxy) is 1. The number of halogens is 3. The summed E-state index contributed by atoms with van der Waals surface area (Å²) in [6, 6.07) is 14.9. The van der Waals surface area contributed by atoms with Gasteiger partial charge in [0, 0.05) is 5.69 Å². The van der Waals surface area contributed by atoms with Crippen molar-refractivity contribution in [2.75, 3.05) is 11.9 Å². The van der Waals surface area contributed by atoms with Crippen molar-refractivity contribution in [2.45, 2.75) is 32.7 Å². The molecule has 2 aromatic carbocycles. The molecule has 0 bridgehead atoms. The summed E-state index contributed by atoms with van der Waals surface area (Å²) >= 11 is 0. The first kappa shape index (κ1) is 22.1. The van der Waals surface area contributed by atoms with E-state index in [1.807, 2.05) is 24.3 Å². The van der Waals surface area contributed by atoms with Gasteiger partial charge < -0.3 is 15.8 Å². The van der Waals surface area contributed by atoms with E-state index >= 15 is 0 Å². The van der Waals surface area contributed by atoms with Crippen molar-refractivity contribution in [3.8, 4) is 5.75 Å². The number of anilines is 1. The van der Waals surface area contributed by atoms with E-state index in [2.05, 4.69) is 30.2 Å². The summed E-state index contributed by atoms with van der Waals surface area (Å²) < 4.78 is 29.4. The quantitative estimate of drug-likeness (QED) is 0.337. The van der Waals surface area contributed by atoms with Crippen LogP contribution in [0.2, 0.25) is 0 Å². The number of benzene rings is 2. The van der Waals surface area contributed by atoms with E-state index in [9.17, 15) is 8.78 Å². The molecule has 3 N–H and O–H groups in total. The molecule has 0 aromatic heterocycles. The Bertz CT molecular complexity index is 723. The number of aliphatic imine (C=N–C) groups is 1. The SMILES string of the molecule is CC(C)c1cccc(NC(N)=NCc2cccc(OCC(F)F)c2)c1.I. The summed E-state index contributed by atoms with van der Waals surface area (Å²) in [6.45, 7) is 3.95. The van der Waals surface area contributed by atoms with Gasteiger partial charge in [0.1, 0.15) is 12.4 Å². The van der Waals surface area contributed by atoms with Gasteiger partial charge in [-0.15, -0.1) is 24.0 Å². The van der Waals surface area contributed by atoms with Crippen LogP contribution in [0.15, 0.2) is 53.5 Å². The molecule has 0 aliphatic carbocycles. The van der Waals surface area contributed by atoms with Crippen LogP contribution in [0, 0.1) is 0 Å². The second-order valence-electron chi connectivity index (χ2n) is 5.96. The molecule has 0 amide bonds. The summed E-state index contributed by atoms with van der Waals surface area (Å²) in [5, 5.41) is 3.06. The highest BCUT2D eigenvalue weighted by atomic mass is 127. The lowest BCUT2D eigenvalue weighted by Crippen LogP contribution is -2.22. The van der Waals surface area contributed by atoms with E-state index in [0.717, 1.165) is 11.3 Å². The van der Waals surface area contributed by atoms with E-state index in [-0.39, 0.29) is 24.0 Å². The molecule has 26 heavy (non-hydrogen) atoms. The number of alkyl halides is 2. The number of nitrogens with zero attached hydrogens (tertiary/aromatic N) is 1. The number of rotatable bonds is 7. The normalized spacial score (nSPS) is 11.4. The van der Waals surface area contributed by atoms with E-state index in [4.69, 9.17) is 10.5 Å². The Morgan fingerprint density at radius 2 is 1.88 bits per heavy atom. The third kappa shape index (κ3) is 7.55. The number of hydrogen-bond donors (Lipinski definition) is 2. The lowest BCUT2D eigenvalue weighted by molar-refractivity contribution is 0.0818. The van der Waals surface area contributed by atoms with Gasteiger partial charge in [0.2, 0.25) is 0 Å². The van der Waals surface area contributed by atoms with Crippen LogP contribution in [-0.2, 0) is 6.54 Å². The average molecular weight is 475 g/mol. The molecule has 0 heterocycles. The fourth-order valence-electron chi connectivity index (χ4n) is 2.23. The van der Waals surface area contributed by atoms with Crippen molar-refractivity contribution in [1.82, 2.24) is 0 Å². The third-order valence-corrected chi connectivity index (χ3v) is 3.53. The molecule has 0 radical (unpaired) electrons. The minimum atomic E-state index is -2.50. The van der Waals surface area contributed by atoms with Crippen LogP contribution in [-0.4, -0.2) is 19.0 Å². The molecule has 142 valence electrons. The smallest absolute Gasteiger partial charge is 0.272 e. The Balaban J connectivity index is 0.00000338. The molecular formula is C19H24F2IN3O. The third-order valence-electron chi connectivity index (χ3n) is 3.53. The van der Waals surface area contributed by atoms with Crippen LogP contribution in [0.4, 0.5) is 14.5 Å². The Labute approximate surface area is 169 Å². The Hall–Kier alpha value is -1.90. The first-order chi connectivity index (χ1) is 11.9. The molecule has 0 saturated heterocycles. The Morgan fingerprint density at radius 1 is 1.15 bits per heavy atom. The Morgan fingerprint density at radius 3 is 2.58 bits per heavy atom. The summed E-state index contributed by atoms with van der Waals surface area (Å²) in [6.07, 6.45) is -2.50. The molecule has 0 saturated carbocycles. The van der Waals surface area contributed by atoms with E-state index in [1.165, 1.54) is 5.56 Å². The zero-order valence-electron chi connectivity index (χ0n) is 14.8. The second kappa shape index (κ2) is 10.9. The first-order valence-corrected chi connectivity index (χ1v) is 8.11. The highest BCUT2D eigenvalue weighted by Crippen LogP contribution is 2.18. The van der Waals surface area contributed by atoms with Gasteiger partial charge in [-0.1, -0.05) is 38.1 Å². The van der Waals surface area contributed by atoms with E-state index in [0.29, 0.717) is 24.2 Å². The van der Waals surface area contributed by atoms with Crippen molar-refractivity contribution >= 4 is 35.6 Å². The predicted molar refractivity (Wildman–Crippen MR) is 113 cm³/mol. The minimum absolute atomic E-state index is 0. The van der Waals surface area contributed by atoms with Crippen LogP contribution < -0.4 is 15.8 Å². The zero-order chi connectivity index (χ0) is 18.2. The molecule has 0 spiro atoms. The van der Waals surface area contributed by atoms with Gasteiger partial charge in [-0.3, -0.25) is 0 Å². The van der Waals surface area contributed by atoms with Crippen LogP contribution in [0.3, 0.4) is 0 Å². The molecule has 7 heteroatoms. The van der Waals surface area contributed by atoms with Crippen molar-refractivity contribution in [3.05, 3.63) is 59.7 Å². The molecular weight excluding hydrogens is 451 g/mol. The fraction of sp³-hybridized carbons (Fsp3) is 0.316. The summed E-state index contributed by atoms with van der Waals surface area (Å²) in [5.74, 6) is 1.11. The highest BCUT2D eigenvalue weighted by Gasteiger charge is 2.04. The fourth-order valence-corrected chi connectivity index (χ4v) is 2.23. The van der Waals surface area contributed by atoms with Gasteiger partial charge in [-0.2, -0.15) is 0 Å². The van der Waals surface area contributed by atoms with Crippen LogP contribution in [0.1, 0.15) is 30.9 Å². The maximum atomic E-state index is 12.2. The largest absolute Gasteiger partial charge is 0.488 e. The lowest BCUT2D eigenvalue weighted by Gasteiger charge is -2.10. The summed E-state index contributed by atoms with van der Waals surface area (Å²) in [4.78, 5) is 4.28. The first-order valence-electron chi connectivity index (χ1n) is 8.11.